The van der Waals surface area contributed by atoms with Gasteiger partial charge in [0.1, 0.15) is 10.1 Å². The third kappa shape index (κ3) is 2.89. The first-order valence-electron chi connectivity index (χ1n) is 5.28. The summed E-state index contributed by atoms with van der Waals surface area (Å²) in [4.78, 5) is 21.7. The van der Waals surface area contributed by atoms with Crippen LogP contribution in [0.3, 0.4) is 0 Å². The second-order valence-corrected chi connectivity index (χ2v) is 6.32. The van der Waals surface area contributed by atoms with Crippen LogP contribution in [0.1, 0.15) is 39.5 Å². The van der Waals surface area contributed by atoms with Crippen molar-refractivity contribution in [3.05, 3.63) is 0 Å². The Balaban J connectivity index is 2.65. The smallest absolute Gasteiger partial charge is 0.303 e. The first-order valence-corrected chi connectivity index (χ1v) is 6.04. The molecule has 1 saturated carbocycles. The molecule has 1 fully saturated rings. The van der Waals surface area contributed by atoms with Gasteiger partial charge in [-0.2, -0.15) is 0 Å². The number of rotatable bonds is 6. The first-order chi connectivity index (χ1) is 7.19. The molecule has 16 heavy (non-hydrogen) atoms. The molecule has 0 spiro atoms. The molecule has 0 aromatic carbocycles. The monoisotopic (exact) mass is 266 g/mol. The summed E-state index contributed by atoms with van der Waals surface area (Å²) in [5.74, 6) is -0.941. The van der Waals surface area contributed by atoms with Crippen molar-refractivity contribution in [1.29, 1.82) is 0 Å². The Bertz CT molecular complexity index is 314. The average molecular weight is 267 g/mol. The molecular formula is C11H16Cl2O3. The van der Waals surface area contributed by atoms with E-state index in [1.165, 1.54) is 6.92 Å². The van der Waals surface area contributed by atoms with E-state index in [0.29, 0.717) is 19.3 Å². The predicted octanol–water partition coefficient (Wildman–Crippen LogP) is 3.03. The number of carbonyl (C=O) groups excluding carboxylic acids is 1. The zero-order chi connectivity index (χ0) is 12.6. The summed E-state index contributed by atoms with van der Waals surface area (Å²) in [5.41, 5.74) is -0.371. The minimum absolute atomic E-state index is 0.0188. The molecule has 0 saturated heterocycles. The number of carbonyl (C=O) groups is 2. The van der Waals surface area contributed by atoms with Crippen LogP contribution in [0, 0.1) is 11.3 Å². The lowest BCUT2D eigenvalue weighted by atomic mass is 9.83. The normalized spacial score (nSPS) is 28.5. The van der Waals surface area contributed by atoms with Crippen molar-refractivity contribution < 1.29 is 14.7 Å². The van der Waals surface area contributed by atoms with Crippen molar-refractivity contribution in [2.24, 2.45) is 11.3 Å². The Morgan fingerprint density at radius 1 is 1.44 bits per heavy atom. The maximum absolute atomic E-state index is 10.9. The fourth-order valence-electron chi connectivity index (χ4n) is 2.09. The Morgan fingerprint density at radius 2 is 1.94 bits per heavy atom. The minimum Gasteiger partial charge on any atom is -0.481 e. The first kappa shape index (κ1) is 13.8. The van der Waals surface area contributed by atoms with Crippen LogP contribution in [0.5, 0.6) is 0 Å². The minimum atomic E-state index is -0.870. The lowest BCUT2D eigenvalue weighted by Crippen LogP contribution is -2.22. The number of carboxylic acids is 1. The van der Waals surface area contributed by atoms with E-state index in [2.05, 4.69) is 0 Å². The summed E-state index contributed by atoms with van der Waals surface area (Å²) < 4.78 is -0.829. The molecule has 1 aliphatic rings. The highest BCUT2D eigenvalue weighted by molar-refractivity contribution is 6.51. The molecule has 0 unspecified atom stereocenters. The van der Waals surface area contributed by atoms with Crippen molar-refractivity contribution in [2.75, 3.05) is 0 Å². The van der Waals surface area contributed by atoms with E-state index in [1.807, 2.05) is 6.92 Å². The Morgan fingerprint density at radius 3 is 2.25 bits per heavy atom. The quantitative estimate of drug-likeness (QED) is 0.752. The number of halogens is 2. The molecule has 0 amide bonds. The lowest BCUT2D eigenvalue weighted by molar-refractivity contribution is -0.139. The number of aliphatic carboxylic acids is 1. The van der Waals surface area contributed by atoms with Gasteiger partial charge >= 0.3 is 5.97 Å². The number of alkyl halides is 2. The molecule has 0 heterocycles. The molecule has 0 radical (unpaired) electrons. The van der Waals surface area contributed by atoms with E-state index in [-0.39, 0.29) is 23.5 Å². The van der Waals surface area contributed by atoms with Crippen LogP contribution < -0.4 is 0 Å². The molecule has 0 aromatic rings. The van der Waals surface area contributed by atoms with E-state index in [0.717, 1.165) is 0 Å². The molecule has 0 aromatic heterocycles. The number of carboxylic acid groups (broad SMARTS) is 1. The van der Waals surface area contributed by atoms with Crippen molar-refractivity contribution in [1.82, 2.24) is 0 Å². The maximum atomic E-state index is 10.9. The highest BCUT2D eigenvalue weighted by Gasteiger charge is 2.66. The van der Waals surface area contributed by atoms with Gasteiger partial charge in [-0.15, -0.1) is 23.2 Å². The molecule has 1 N–H and O–H groups in total. The van der Waals surface area contributed by atoms with Crippen molar-refractivity contribution in [3.63, 3.8) is 0 Å². The van der Waals surface area contributed by atoms with Crippen LogP contribution in [0.2, 0.25) is 0 Å². The van der Waals surface area contributed by atoms with Gasteiger partial charge in [0, 0.05) is 18.3 Å². The molecule has 3 nitrogen and oxygen atoms in total. The number of Topliss-reactive ketones (excluding diaryl/α,β-unsaturated/α-hetero) is 1. The zero-order valence-electron chi connectivity index (χ0n) is 9.43. The molecule has 1 aliphatic carbocycles. The largest absolute Gasteiger partial charge is 0.481 e. The van der Waals surface area contributed by atoms with Crippen LogP contribution >= 0.6 is 23.2 Å². The van der Waals surface area contributed by atoms with Crippen LogP contribution in [-0.4, -0.2) is 21.2 Å². The summed E-state index contributed by atoms with van der Waals surface area (Å²) in [6.45, 7) is 3.39. The number of ketones is 1. The molecule has 0 bridgehead atoms. The van der Waals surface area contributed by atoms with Gasteiger partial charge in [0.15, 0.2) is 0 Å². The van der Waals surface area contributed by atoms with Gasteiger partial charge in [0.25, 0.3) is 0 Å². The van der Waals surface area contributed by atoms with Crippen molar-refractivity contribution in [3.8, 4) is 0 Å². The Hall–Kier alpha value is -0.280. The summed E-state index contributed by atoms with van der Waals surface area (Å²) in [5, 5.41) is 8.84. The van der Waals surface area contributed by atoms with Gasteiger partial charge in [0.05, 0.1) is 0 Å². The topological polar surface area (TPSA) is 54.4 Å². The van der Waals surface area contributed by atoms with E-state index in [1.54, 1.807) is 0 Å². The van der Waals surface area contributed by atoms with Crippen LogP contribution in [0.25, 0.3) is 0 Å². The number of hydrogen-bond acceptors (Lipinski definition) is 2. The van der Waals surface area contributed by atoms with E-state index in [9.17, 15) is 9.59 Å². The van der Waals surface area contributed by atoms with E-state index in [4.69, 9.17) is 28.3 Å². The van der Waals surface area contributed by atoms with Crippen LogP contribution in [-0.2, 0) is 9.59 Å². The lowest BCUT2D eigenvalue weighted by Gasteiger charge is -2.23. The second-order valence-electron chi connectivity index (χ2n) is 4.83. The van der Waals surface area contributed by atoms with Gasteiger partial charge in [-0.05, 0) is 25.7 Å². The summed E-state index contributed by atoms with van der Waals surface area (Å²) in [7, 11) is 0. The molecule has 1 rings (SSSR count). The summed E-state index contributed by atoms with van der Waals surface area (Å²) in [6.07, 6.45) is 1.54. The highest BCUT2D eigenvalue weighted by atomic mass is 35.5. The van der Waals surface area contributed by atoms with Gasteiger partial charge in [-0.1, -0.05) is 6.92 Å². The third-order valence-electron chi connectivity index (χ3n) is 3.47. The van der Waals surface area contributed by atoms with Gasteiger partial charge < -0.3 is 9.90 Å². The maximum Gasteiger partial charge on any atom is 0.303 e. The van der Waals surface area contributed by atoms with Crippen LogP contribution in [0.4, 0.5) is 0 Å². The van der Waals surface area contributed by atoms with Gasteiger partial charge in [-0.25, -0.2) is 0 Å². The standard InChI is InChI=1S/C11H16Cl2O3/c1-7(14)3-4-8(5-9(15)16)10(2)6-11(10,12)13/h8H,3-6H2,1-2H3,(H,15,16)/t8-,10+/m1/s1. The highest BCUT2D eigenvalue weighted by Crippen LogP contribution is 2.68. The van der Waals surface area contributed by atoms with Crippen LogP contribution in [0.15, 0.2) is 0 Å². The molecular weight excluding hydrogens is 251 g/mol. The summed E-state index contributed by atoms with van der Waals surface area (Å²) >= 11 is 12.1. The SMILES string of the molecule is CC(=O)CC[C@H](CC(=O)O)[C@]1(C)CC1(Cl)Cl. The average Bonchev–Trinajstić information content (AvgIpc) is 2.60. The third-order valence-corrected chi connectivity index (χ3v) is 4.60. The van der Waals surface area contributed by atoms with E-state index >= 15 is 0 Å². The molecule has 0 aliphatic heterocycles. The van der Waals surface area contributed by atoms with Crippen molar-refractivity contribution in [2.45, 2.75) is 43.9 Å². The van der Waals surface area contributed by atoms with Gasteiger partial charge in [0.2, 0.25) is 0 Å². The molecule has 92 valence electrons. The molecule has 5 heteroatoms. The fourth-order valence-corrected chi connectivity index (χ4v) is 2.96. The van der Waals surface area contributed by atoms with Gasteiger partial charge in [-0.3, -0.25) is 4.79 Å². The number of hydrogen-bond donors (Lipinski definition) is 1. The fraction of sp³-hybridized carbons (Fsp3) is 0.818. The van der Waals surface area contributed by atoms with Crippen molar-refractivity contribution >= 4 is 35.0 Å². The van der Waals surface area contributed by atoms with E-state index < -0.39 is 10.3 Å². The Labute approximate surface area is 105 Å². The summed E-state index contributed by atoms with van der Waals surface area (Å²) in [6, 6.07) is 0. The second kappa shape index (κ2) is 4.53. The predicted molar refractivity (Wildman–Crippen MR) is 62.8 cm³/mol. The zero-order valence-corrected chi connectivity index (χ0v) is 10.9. The molecule has 2 atom stereocenters. The Kier molecular flexibility index (Phi) is 3.91.